The van der Waals surface area contributed by atoms with Crippen molar-refractivity contribution in [1.29, 1.82) is 0 Å². The van der Waals surface area contributed by atoms with E-state index in [-0.39, 0.29) is 17.7 Å². The number of nitrogens with zero attached hydrogens (tertiary/aromatic N) is 4. The van der Waals surface area contributed by atoms with Crippen LogP contribution in [0.1, 0.15) is 40.2 Å². The molecule has 162 valence electrons. The molecule has 0 unspecified atom stereocenters. The maximum absolute atomic E-state index is 13.2. The van der Waals surface area contributed by atoms with Crippen molar-refractivity contribution >= 4 is 11.8 Å². The third-order valence-electron chi connectivity index (χ3n) is 5.78. The van der Waals surface area contributed by atoms with Crippen LogP contribution in [-0.4, -0.2) is 71.7 Å². The maximum atomic E-state index is 13.2. The number of benzene rings is 1. The molecule has 2 amide bonds. The van der Waals surface area contributed by atoms with Gasteiger partial charge < -0.3 is 15.1 Å². The molecule has 3 rings (SSSR count). The first-order chi connectivity index (χ1) is 14.4. The number of rotatable bonds is 7. The monoisotopic (exact) mass is 411 g/mol. The highest BCUT2D eigenvalue weighted by Crippen LogP contribution is 2.22. The molecule has 1 aliphatic rings. The van der Waals surface area contributed by atoms with E-state index in [2.05, 4.69) is 22.5 Å². The van der Waals surface area contributed by atoms with E-state index < -0.39 is 0 Å². The van der Waals surface area contributed by atoms with Crippen molar-refractivity contribution in [2.75, 3.05) is 40.3 Å². The quantitative estimate of drug-likeness (QED) is 0.757. The second-order valence-corrected chi connectivity index (χ2v) is 8.35. The third-order valence-corrected chi connectivity index (χ3v) is 5.78. The van der Waals surface area contributed by atoms with Crippen molar-refractivity contribution < 1.29 is 9.59 Å². The summed E-state index contributed by atoms with van der Waals surface area (Å²) in [5, 5.41) is 7.62. The average molecular weight is 412 g/mol. The van der Waals surface area contributed by atoms with Gasteiger partial charge in [0, 0.05) is 37.8 Å². The Balaban J connectivity index is 1.59. The Bertz CT molecular complexity index is 867. The van der Waals surface area contributed by atoms with Crippen LogP contribution in [0.15, 0.2) is 30.3 Å². The molecule has 1 aromatic carbocycles. The van der Waals surface area contributed by atoms with E-state index in [0.717, 1.165) is 23.5 Å². The van der Waals surface area contributed by atoms with Gasteiger partial charge in [0.1, 0.15) is 0 Å². The number of amides is 2. The second-order valence-electron chi connectivity index (χ2n) is 8.35. The number of aromatic nitrogens is 2. The van der Waals surface area contributed by atoms with Gasteiger partial charge in [-0.2, -0.15) is 5.10 Å². The van der Waals surface area contributed by atoms with Crippen LogP contribution in [0.5, 0.6) is 0 Å². The Labute approximate surface area is 179 Å². The highest BCUT2D eigenvalue weighted by Gasteiger charge is 2.30. The molecule has 1 N–H and O–H groups in total. The standard InChI is InChI=1S/C23H33N5O2/c1-17-21(18(2)28(25-17)16-19-8-6-5-7-9-19)23(30)27-13-10-20(11-14-27)22(29)24-12-15-26(3)4/h5-9,20H,10-16H2,1-4H3,(H,24,29). The summed E-state index contributed by atoms with van der Waals surface area (Å²) in [5.41, 5.74) is 3.50. The van der Waals surface area contributed by atoms with E-state index in [0.29, 0.717) is 44.6 Å². The zero-order valence-corrected chi connectivity index (χ0v) is 18.5. The van der Waals surface area contributed by atoms with Crippen LogP contribution < -0.4 is 5.32 Å². The Morgan fingerprint density at radius 3 is 2.43 bits per heavy atom. The number of aryl methyl sites for hydroxylation is 1. The topological polar surface area (TPSA) is 70.5 Å². The summed E-state index contributed by atoms with van der Waals surface area (Å²) < 4.78 is 1.91. The number of piperidine rings is 1. The molecule has 0 saturated carbocycles. The second kappa shape index (κ2) is 9.89. The van der Waals surface area contributed by atoms with Gasteiger partial charge in [0.15, 0.2) is 0 Å². The first-order valence-electron chi connectivity index (χ1n) is 10.7. The van der Waals surface area contributed by atoms with Gasteiger partial charge in [-0.15, -0.1) is 0 Å². The normalized spacial score (nSPS) is 14.9. The van der Waals surface area contributed by atoms with Crippen LogP contribution in [0.2, 0.25) is 0 Å². The zero-order chi connectivity index (χ0) is 21.7. The highest BCUT2D eigenvalue weighted by atomic mass is 16.2. The summed E-state index contributed by atoms with van der Waals surface area (Å²) >= 11 is 0. The van der Waals surface area contributed by atoms with Crippen molar-refractivity contribution in [1.82, 2.24) is 24.9 Å². The summed E-state index contributed by atoms with van der Waals surface area (Å²) in [6.45, 7) is 7.20. The van der Waals surface area contributed by atoms with Gasteiger partial charge in [0.2, 0.25) is 5.91 Å². The molecule has 7 heteroatoms. The molecule has 1 aliphatic heterocycles. The third kappa shape index (κ3) is 5.27. The lowest BCUT2D eigenvalue weighted by molar-refractivity contribution is -0.126. The van der Waals surface area contributed by atoms with Gasteiger partial charge in [-0.1, -0.05) is 30.3 Å². The van der Waals surface area contributed by atoms with Gasteiger partial charge >= 0.3 is 0 Å². The SMILES string of the molecule is Cc1nn(Cc2ccccc2)c(C)c1C(=O)N1CCC(C(=O)NCCN(C)C)CC1. The van der Waals surface area contributed by atoms with Crippen molar-refractivity contribution in [3.05, 3.63) is 52.8 Å². The molecule has 2 aromatic rings. The van der Waals surface area contributed by atoms with Crippen LogP contribution in [0, 0.1) is 19.8 Å². The average Bonchev–Trinajstić information content (AvgIpc) is 3.01. The van der Waals surface area contributed by atoms with Crippen LogP contribution in [0.4, 0.5) is 0 Å². The summed E-state index contributed by atoms with van der Waals surface area (Å²) in [6.07, 6.45) is 1.41. The molecule has 0 radical (unpaired) electrons. The predicted molar refractivity (Wildman–Crippen MR) is 117 cm³/mol. The van der Waals surface area contributed by atoms with Crippen LogP contribution in [-0.2, 0) is 11.3 Å². The zero-order valence-electron chi connectivity index (χ0n) is 18.5. The van der Waals surface area contributed by atoms with Gasteiger partial charge in [0.25, 0.3) is 5.91 Å². The van der Waals surface area contributed by atoms with E-state index in [1.807, 2.05) is 60.6 Å². The lowest BCUT2D eigenvalue weighted by Gasteiger charge is -2.31. The molecular formula is C23H33N5O2. The van der Waals surface area contributed by atoms with Crippen molar-refractivity contribution in [3.8, 4) is 0 Å². The minimum absolute atomic E-state index is 0.0146. The molecule has 30 heavy (non-hydrogen) atoms. The number of carbonyl (C=O) groups is 2. The van der Waals surface area contributed by atoms with Gasteiger partial charge in [0.05, 0.1) is 17.8 Å². The van der Waals surface area contributed by atoms with Gasteiger partial charge in [-0.3, -0.25) is 14.3 Å². The minimum atomic E-state index is -0.0146. The van der Waals surface area contributed by atoms with Crippen LogP contribution >= 0.6 is 0 Å². The lowest BCUT2D eigenvalue weighted by atomic mass is 9.95. The van der Waals surface area contributed by atoms with Crippen molar-refractivity contribution in [2.45, 2.75) is 33.2 Å². The summed E-state index contributed by atoms with van der Waals surface area (Å²) in [7, 11) is 3.98. The number of nitrogens with one attached hydrogen (secondary N) is 1. The molecule has 0 atom stereocenters. The van der Waals surface area contributed by atoms with Gasteiger partial charge in [-0.25, -0.2) is 0 Å². The Morgan fingerprint density at radius 2 is 1.80 bits per heavy atom. The van der Waals surface area contributed by atoms with E-state index in [1.54, 1.807) is 0 Å². The number of hydrogen-bond acceptors (Lipinski definition) is 4. The summed E-state index contributed by atoms with van der Waals surface area (Å²) in [6, 6.07) is 10.1. The van der Waals surface area contributed by atoms with Crippen LogP contribution in [0.25, 0.3) is 0 Å². The smallest absolute Gasteiger partial charge is 0.257 e. The molecule has 1 fully saturated rings. The predicted octanol–water partition coefficient (Wildman–Crippen LogP) is 2.08. The number of likely N-dealkylation sites (N-methyl/N-ethyl adjacent to an activating group) is 1. The molecule has 2 heterocycles. The largest absolute Gasteiger partial charge is 0.355 e. The fourth-order valence-electron chi connectivity index (χ4n) is 3.97. The molecule has 0 spiro atoms. The Morgan fingerprint density at radius 1 is 1.13 bits per heavy atom. The van der Waals surface area contributed by atoms with Crippen molar-refractivity contribution in [3.63, 3.8) is 0 Å². The van der Waals surface area contributed by atoms with E-state index in [4.69, 9.17) is 0 Å². The first kappa shape index (κ1) is 22.0. The Kier molecular flexibility index (Phi) is 7.26. The number of hydrogen-bond donors (Lipinski definition) is 1. The lowest BCUT2D eigenvalue weighted by Crippen LogP contribution is -2.44. The van der Waals surface area contributed by atoms with E-state index >= 15 is 0 Å². The molecular weight excluding hydrogens is 378 g/mol. The number of carbonyl (C=O) groups excluding carboxylic acids is 2. The fraction of sp³-hybridized carbons (Fsp3) is 0.522. The molecule has 0 bridgehead atoms. The first-order valence-corrected chi connectivity index (χ1v) is 10.7. The minimum Gasteiger partial charge on any atom is -0.355 e. The van der Waals surface area contributed by atoms with Gasteiger partial charge in [-0.05, 0) is 46.3 Å². The van der Waals surface area contributed by atoms with Crippen molar-refractivity contribution in [2.24, 2.45) is 5.92 Å². The maximum Gasteiger partial charge on any atom is 0.257 e. The highest BCUT2D eigenvalue weighted by molar-refractivity contribution is 5.96. The summed E-state index contributed by atoms with van der Waals surface area (Å²) in [5.74, 6) is 0.113. The Hall–Kier alpha value is -2.67. The number of likely N-dealkylation sites (tertiary alicyclic amines) is 1. The summed E-state index contributed by atoms with van der Waals surface area (Å²) in [4.78, 5) is 29.5. The molecule has 7 nitrogen and oxygen atoms in total. The molecule has 1 aromatic heterocycles. The van der Waals surface area contributed by atoms with E-state index in [9.17, 15) is 9.59 Å². The van der Waals surface area contributed by atoms with E-state index in [1.165, 1.54) is 0 Å². The fourth-order valence-corrected chi connectivity index (χ4v) is 3.97. The molecule has 0 aliphatic carbocycles. The molecule has 1 saturated heterocycles. The van der Waals surface area contributed by atoms with Crippen LogP contribution in [0.3, 0.4) is 0 Å².